The van der Waals surface area contributed by atoms with Crippen LogP contribution in [0.15, 0.2) is 84.9 Å². The molecule has 0 aliphatic heterocycles. The van der Waals surface area contributed by atoms with Crippen molar-refractivity contribution in [3.63, 3.8) is 0 Å². The summed E-state index contributed by atoms with van der Waals surface area (Å²) in [6, 6.07) is 26.7. The van der Waals surface area contributed by atoms with E-state index in [-0.39, 0.29) is 16.9 Å². The topological polar surface area (TPSA) is 80.9 Å². The molecule has 0 radical (unpaired) electrons. The van der Waals surface area contributed by atoms with E-state index in [1.165, 1.54) is 17.2 Å². The van der Waals surface area contributed by atoms with Crippen LogP contribution in [0.2, 0.25) is 0 Å². The van der Waals surface area contributed by atoms with Gasteiger partial charge < -0.3 is 20.4 Å². The third-order valence-electron chi connectivity index (χ3n) is 6.06. The van der Waals surface area contributed by atoms with Crippen LogP contribution in [0.4, 0.5) is 0 Å². The van der Waals surface area contributed by atoms with Crippen LogP contribution >= 0.6 is 0 Å². The Balaban J connectivity index is 1.71. The average Bonchev–Trinajstić information content (AvgIpc) is 2.76. The molecule has 5 rings (SSSR count). The van der Waals surface area contributed by atoms with Gasteiger partial charge in [0.05, 0.1) is 5.56 Å². The number of fused-ring (bicyclic) bond motifs is 8. The predicted octanol–water partition coefficient (Wildman–Crippen LogP) is 4.37. The fourth-order valence-corrected chi connectivity index (χ4v) is 4.51. The quantitative estimate of drug-likeness (QED) is 0.250. The summed E-state index contributed by atoms with van der Waals surface area (Å²) < 4.78 is 0. The first-order valence-electron chi connectivity index (χ1n) is 10.6. The van der Waals surface area contributed by atoms with Crippen molar-refractivity contribution in [1.82, 2.24) is 0 Å². The molecule has 0 aromatic heterocycles. The third-order valence-corrected chi connectivity index (χ3v) is 6.06. The summed E-state index contributed by atoms with van der Waals surface area (Å²) in [6.45, 7) is 0. The third kappa shape index (κ3) is 3.86. The largest absolute Gasteiger partial charge is 0.504 e. The summed E-state index contributed by atoms with van der Waals surface area (Å²) in [7, 11) is 0. The lowest BCUT2D eigenvalue weighted by Gasteiger charge is -2.25. The van der Waals surface area contributed by atoms with Crippen LogP contribution in [0.1, 0.15) is 44.5 Å². The van der Waals surface area contributed by atoms with Gasteiger partial charge >= 0.3 is 0 Å². The standard InChI is InChI=1S/C28H24O4/c29-26-17-23-14-21-7-2-5-19(12-21)10-18-4-1-6-20(11-18)13-22-8-3-9-24(15-22)28(31,32)25(16-23)27(26)30/h1-9,11-12,15-17,29-32H,10,13-14H2. The van der Waals surface area contributed by atoms with Crippen LogP contribution in [0.5, 0.6) is 11.5 Å². The molecule has 0 fully saturated rings. The molecule has 0 spiro atoms. The minimum absolute atomic E-state index is 0.144. The molecule has 0 atom stereocenters. The predicted molar refractivity (Wildman–Crippen MR) is 123 cm³/mol. The molecule has 160 valence electrons. The number of benzene rings is 4. The summed E-state index contributed by atoms with van der Waals surface area (Å²) in [6.07, 6.45) is 1.92. The number of rotatable bonds is 0. The van der Waals surface area contributed by atoms with Crippen LogP contribution in [0.3, 0.4) is 0 Å². The zero-order valence-corrected chi connectivity index (χ0v) is 17.5. The van der Waals surface area contributed by atoms with Gasteiger partial charge in [0.25, 0.3) is 0 Å². The highest BCUT2D eigenvalue weighted by Gasteiger charge is 2.33. The van der Waals surface area contributed by atoms with Crippen molar-refractivity contribution < 1.29 is 20.4 Å². The Labute approximate surface area is 186 Å². The molecular weight excluding hydrogens is 400 g/mol. The Bertz CT molecular complexity index is 1310. The van der Waals surface area contributed by atoms with Gasteiger partial charge in [-0.15, -0.1) is 0 Å². The van der Waals surface area contributed by atoms with E-state index in [2.05, 4.69) is 36.4 Å². The Kier molecular flexibility index (Phi) is 4.97. The van der Waals surface area contributed by atoms with E-state index in [1.807, 2.05) is 18.2 Å². The maximum absolute atomic E-state index is 11.1. The highest BCUT2D eigenvalue weighted by Crippen LogP contribution is 2.40. The van der Waals surface area contributed by atoms with Gasteiger partial charge in [-0.25, -0.2) is 0 Å². The van der Waals surface area contributed by atoms with E-state index in [0.717, 1.165) is 23.1 Å². The summed E-state index contributed by atoms with van der Waals surface area (Å²) >= 11 is 0. The number of aromatic hydroxyl groups is 2. The first kappa shape index (κ1) is 20.3. The van der Waals surface area contributed by atoms with Gasteiger partial charge in [-0.2, -0.15) is 0 Å². The number of phenolic OH excluding ortho intramolecular Hbond substituents is 2. The van der Waals surface area contributed by atoms with Gasteiger partial charge in [0.1, 0.15) is 0 Å². The van der Waals surface area contributed by atoms with Crippen LogP contribution in [-0.2, 0) is 25.0 Å². The minimum atomic E-state index is -2.46. The summed E-state index contributed by atoms with van der Waals surface area (Å²) in [4.78, 5) is 0. The number of aliphatic hydroxyl groups is 2. The molecule has 4 nitrogen and oxygen atoms in total. The van der Waals surface area contributed by atoms with Crippen LogP contribution in [0.25, 0.3) is 0 Å². The normalized spacial score (nSPS) is 14.7. The van der Waals surface area contributed by atoms with Gasteiger partial charge in [-0.05, 0) is 70.8 Å². The SMILES string of the molecule is Oc1cc2cc(c1O)C(O)(O)c1cccc(c1)Cc1cccc(c1)Cc1cccc(c1)C2. The monoisotopic (exact) mass is 424 g/mol. The molecule has 4 aromatic rings. The summed E-state index contributed by atoms with van der Waals surface area (Å²) in [5.74, 6) is -3.38. The molecule has 32 heavy (non-hydrogen) atoms. The maximum Gasteiger partial charge on any atom is 0.221 e. The maximum atomic E-state index is 11.1. The first-order chi connectivity index (χ1) is 15.4. The van der Waals surface area contributed by atoms with Crippen molar-refractivity contribution in [2.24, 2.45) is 0 Å². The summed E-state index contributed by atoms with van der Waals surface area (Å²) in [5, 5.41) is 43.0. The van der Waals surface area contributed by atoms with E-state index in [0.29, 0.717) is 18.4 Å². The van der Waals surface area contributed by atoms with E-state index in [4.69, 9.17) is 0 Å². The van der Waals surface area contributed by atoms with Crippen molar-refractivity contribution in [3.05, 3.63) is 129 Å². The first-order valence-corrected chi connectivity index (χ1v) is 10.6. The van der Waals surface area contributed by atoms with Gasteiger partial charge in [0.15, 0.2) is 11.5 Å². The average molecular weight is 424 g/mol. The molecule has 4 heteroatoms. The van der Waals surface area contributed by atoms with E-state index >= 15 is 0 Å². The Morgan fingerprint density at radius 2 is 1.00 bits per heavy atom. The zero-order valence-electron chi connectivity index (χ0n) is 17.5. The molecular formula is C28H24O4. The van der Waals surface area contributed by atoms with Crippen LogP contribution < -0.4 is 0 Å². The molecule has 0 saturated carbocycles. The van der Waals surface area contributed by atoms with Gasteiger partial charge in [0, 0.05) is 5.56 Å². The second-order valence-electron chi connectivity index (χ2n) is 8.55. The second-order valence-corrected chi connectivity index (χ2v) is 8.55. The smallest absolute Gasteiger partial charge is 0.221 e. The van der Waals surface area contributed by atoms with Crippen LogP contribution in [-0.4, -0.2) is 20.4 Å². The molecule has 4 aromatic carbocycles. The minimum Gasteiger partial charge on any atom is -0.504 e. The molecule has 0 unspecified atom stereocenters. The van der Waals surface area contributed by atoms with Crippen molar-refractivity contribution >= 4 is 0 Å². The van der Waals surface area contributed by atoms with Crippen molar-refractivity contribution in [3.8, 4) is 11.5 Å². The second kappa shape index (κ2) is 7.83. The highest BCUT2D eigenvalue weighted by atomic mass is 16.5. The Morgan fingerprint density at radius 1 is 0.531 bits per heavy atom. The molecule has 0 heterocycles. The number of phenols is 2. The van der Waals surface area contributed by atoms with Crippen molar-refractivity contribution in [2.75, 3.05) is 0 Å². The fourth-order valence-electron chi connectivity index (χ4n) is 4.51. The van der Waals surface area contributed by atoms with Crippen molar-refractivity contribution in [1.29, 1.82) is 0 Å². The lowest BCUT2D eigenvalue weighted by Crippen LogP contribution is -2.27. The highest BCUT2D eigenvalue weighted by molar-refractivity contribution is 5.53. The summed E-state index contributed by atoms with van der Waals surface area (Å²) in [5.41, 5.74) is 6.23. The molecule has 0 saturated heterocycles. The van der Waals surface area contributed by atoms with E-state index in [9.17, 15) is 20.4 Å². The molecule has 0 amide bonds. The fraction of sp³-hybridized carbons (Fsp3) is 0.143. The lowest BCUT2D eigenvalue weighted by molar-refractivity contribution is -0.133. The molecule has 8 bridgehead atoms. The number of hydrogen-bond acceptors (Lipinski definition) is 4. The molecule has 1 aliphatic carbocycles. The Morgan fingerprint density at radius 3 is 1.56 bits per heavy atom. The van der Waals surface area contributed by atoms with E-state index in [1.54, 1.807) is 24.3 Å². The number of hydrogen-bond donors (Lipinski definition) is 4. The molecule has 4 N–H and O–H groups in total. The molecule has 1 aliphatic rings. The van der Waals surface area contributed by atoms with Gasteiger partial charge in [0.2, 0.25) is 5.79 Å². The van der Waals surface area contributed by atoms with E-state index < -0.39 is 11.5 Å². The van der Waals surface area contributed by atoms with Crippen LogP contribution in [0, 0.1) is 0 Å². The Hall–Kier alpha value is -3.60. The van der Waals surface area contributed by atoms with Gasteiger partial charge in [-0.1, -0.05) is 66.7 Å². The zero-order chi connectivity index (χ0) is 22.3. The lowest BCUT2D eigenvalue weighted by atomic mass is 9.90. The van der Waals surface area contributed by atoms with Crippen molar-refractivity contribution in [2.45, 2.75) is 25.0 Å². The van der Waals surface area contributed by atoms with Gasteiger partial charge in [-0.3, -0.25) is 0 Å².